The molecule has 0 aliphatic carbocycles. The molecule has 1 amide bonds. The number of aromatic nitrogens is 3. The zero-order chi connectivity index (χ0) is 22.3. The summed E-state index contributed by atoms with van der Waals surface area (Å²) in [6.45, 7) is 13.1. The molecule has 0 radical (unpaired) electrons. The van der Waals surface area contributed by atoms with E-state index < -0.39 is 0 Å². The van der Waals surface area contributed by atoms with Crippen LogP contribution in [-0.2, 0) is 5.54 Å². The van der Waals surface area contributed by atoms with Crippen molar-refractivity contribution in [2.24, 2.45) is 0 Å². The second kappa shape index (κ2) is 7.87. The van der Waals surface area contributed by atoms with Gasteiger partial charge in [-0.1, -0.05) is 26.0 Å². The first-order chi connectivity index (χ1) is 14.6. The number of rotatable bonds is 4. The van der Waals surface area contributed by atoms with Crippen molar-refractivity contribution in [2.75, 3.05) is 13.2 Å². The zero-order valence-electron chi connectivity index (χ0n) is 19.0. The molecule has 0 fully saturated rings. The molecule has 0 spiro atoms. The lowest BCUT2D eigenvalue weighted by molar-refractivity contribution is 0.0790. The summed E-state index contributed by atoms with van der Waals surface area (Å²) in [6.07, 6.45) is -0.251. The largest absolute Gasteiger partial charge is 0.486 e. The molecule has 31 heavy (non-hydrogen) atoms. The van der Waals surface area contributed by atoms with Gasteiger partial charge in [0.2, 0.25) is 0 Å². The number of hydrogen-bond acceptors (Lipinski definition) is 5. The van der Waals surface area contributed by atoms with Gasteiger partial charge in [-0.2, -0.15) is 5.10 Å². The molecule has 1 atom stereocenters. The van der Waals surface area contributed by atoms with Crippen LogP contribution in [0, 0.1) is 6.92 Å². The van der Waals surface area contributed by atoms with Crippen molar-refractivity contribution in [1.82, 2.24) is 20.1 Å². The minimum atomic E-state index is -0.251. The molecule has 164 valence electrons. The van der Waals surface area contributed by atoms with Crippen LogP contribution in [0.5, 0.6) is 11.5 Å². The van der Waals surface area contributed by atoms with Crippen LogP contribution in [0.2, 0.25) is 0 Å². The molecule has 3 heterocycles. The number of nitrogens with one attached hydrogen (secondary N) is 1. The Morgan fingerprint density at radius 1 is 1.26 bits per heavy atom. The maximum absolute atomic E-state index is 13.3. The number of benzene rings is 1. The summed E-state index contributed by atoms with van der Waals surface area (Å²) in [6, 6.07) is 9.44. The monoisotopic (exact) mass is 422 g/mol. The number of pyridine rings is 1. The second-order valence-corrected chi connectivity index (χ2v) is 9.32. The summed E-state index contributed by atoms with van der Waals surface area (Å²) < 4.78 is 13.6. The minimum absolute atomic E-state index is 0.159. The van der Waals surface area contributed by atoms with Crippen molar-refractivity contribution in [2.45, 2.75) is 59.1 Å². The lowest BCUT2D eigenvalue weighted by Crippen LogP contribution is -2.40. The number of nitrogens with zero attached hydrogens (tertiary/aromatic N) is 3. The van der Waals surface area contributed by atoms with Crippen molar-refractivity contribution in [3.8, 4) is 11.5 Å². The molecule has 1 aliphatic heterocycles. The van der Waals surface area contributed by atoms with E-state index in [1.54, 1.807) is 0 Å². The molecule has 1 aromatic carbocycles. The fourth-order valence-electron chi connectivity index (χ4n) is 3.72. The second-order valence-electron chi connectivity index (χ2n) is 9.32. The van der Waals surface area contributed by atoms with E-state index in [4.69, 9.17) is 19.6 Å². The molecule has 3 aromatic rings. The zero-order valence-corrected chi connectivity index (χ0v) is 19.0. The van der Waals surface area contributed by atoms with Crippen molar-refractivity contribution < 1.29 is 14.3 Å². The molecular formula is C24H30N4O3. The smallest absolute Gasteiger partial charge is 0.252 e. The van der Waals surface area contributed by atoms with Crippen LogP contribution in [0.25, 0.3) is 11.0 Å². The third-order valence-electron chi connectivity index (χ3n) is 5.36. The number of fused-ring (bicyclic) bond motifs is 2. The van der Waals surface area contributed by atoms with E-state index in [0.717, 1.165) is 28.2 Å². The predicted octanol–water partition coefficient (Wildman–Crippen LogP) is 4.19. The van der Waals surface area contributed by atoms with Gasteiger partial charge in [0.1, 0.15) is 12.7 Å². The Labute approximate surface area is 182 Å². The Morgan fingerprint density at radius 2 is 1.97 bits per heavy atom. The van der Waals surface area contributed by atoms with Gasteiger partial charge in [-0.3, -0.25) is 4.79 Å². The van der Waals surface area contributed by atoms with Gasteiger partial charge in [0.25, 0.3) is 5.91 Å². The number of carbonyl (C=O) groups is 1. The third kappa shape index (κ3) is 4.09. The molecule has 7 nitrogen and oxygen atoms in total. The summed E-state index contributed by atoms with van der Waals surface area (Å²) in [5, 5.41) is 8.53. The van der Waals surface area contributed by atoms with E-state index >= 15 is 0 Å². The van der Waals surface area contributed by atoms with Crippen LogP contribution in [0.15, 0.2) is 30.3 Å². The van der Waals surface area contributed by atoms with Gasteiger partial charge in [-0.15, -0.1) is 0 Å². The highest BCUT2D eigenvalue weighted by Gasteiger charge is 2.26. The van der Waals surface area contributed by atoms with Crippen LogP contribution in [0.4, 0.5) is 0 Å². The van der Waals surface area contributed by atoms with Gasteiger partial charge >= 0.3 is 0 Å². The van der Waals surface area contributed by atoms with Crippen molar-refractivity contribution in [3.63, 3.8) is 0 Å². The molecule has 0 bridgehead atoms. The molecule has 7 heteroatoms. The number of carbonyl (C=O) groups excluding carboxylic acids is 1. The van der Waals surface area contributed by atoms with E-state index in [1.807, 2.05) is 41.9 Å². The maximum Gasteiger partial charge on any atom is 0.252 e. The van der Waals surface area contributed by atoms with Crippen LogP contribution < -0.4 is 14.8 Å². The predicted molar refractivity (Wildman–Crippen MR) is 120 cm³/mol. The van der Waals surface area contributed by atoms with Gasteiger partial charge in [-0.05, 0) is 51.8 Å². The Morgan fingerprint density at radius 3 is 2.65 bits per heavy atom. The Hall–Kier alpha value is -3.09. The number of hydrogen-bond donors (Lipinski definition) is 1. The first-order valence-electron chi connectivity index (χ1n) is 10.7. The van der Waals surface area contributed by atoms with Crippen molar-refractivity contribution in [1.29, 1.82) is 0 Å². The lowest BCUT2D eigenvalue weighted by atomic mass is 10.0. The van der Waals surface area contributed by atoms with E-state index in [0.29, 0.717) is 24.5 Å². The van der Waals surface area contributed by atoms with Gasteiger partial charge < -0.3 is 14.8 Å². The SMILES string of the molecule is Cc1nn(C(C)(C)C)c2nc(C(C)C)cc(C(=O)NCC3COc4ccccc4O3)c12. The molecule has 0 saturated carbocycles. The fourth-order valence-corrected chi connectivity index (χ4v) is 3.72. The fraction of sp³-hybridized carbons (Fsp3) is 0.458. The number of aryl methyl sites for hydroxylation is 1. The summed E-state index contributed by atoms with van der Waals surface area (Å²) in [7, 11) is 0. The van der Waals surface area contributed by atoms with E-state index in [1.165, 1.54) is 0 Å². The molecule has 1 aliphatic rings. The highest BCUT2D eigenvalue weighted by atomic mass is 16.6. The van der Waals surface area contributed by atoms with E-state index in [-0.39, 0.29) is 23.5 Å². The van der Waals surface area contributed by atoms with Crippen molar-refractivity contribution in [3.05, 3.63) is 47.3 Å². The number of ether oxygens (including phenoxy) is 2. The molecular weight excluding hydrogens is 392 g/mol. The van der Waals surface area contributed by atoms with E-state index in [2.05, 4.69) is 39.9 Å². The summed E-state index contributed by atoms with van der Waals surface area (Å²) in [5.74, 6) is 1.45. The van der Waals surface area contributed by atoms with Gasteiger partial charge in [0.15, 0.2) is 17.1 Å². The number of amides is 1. The average molecular weight is 423 g/mol. The van der Waals surface area contributed by atoms with Crippen LogP contribution in [0.1, 0.15) is 62.3 Å². The average Bonchev–Trinajstić information content (AvgIpc) is 3.08. The molecule has 2 aromatic heterocycles. The maximum atomic E-state index is 13.3. The highest BCUT2D eigenvalue weighted by Crippen LogP contribution is 2.31. The molecule has 4 rings (SSSR count). The highest BCUT2D eigenvalue weighted by molar-refractivity contribution is 6.06. The summed E-state index contributed by atoms with van der Waals surface area (Å²) in [4.78, 5) is 18.1. The van der Waals surface area contributed by atoms with E-state index in [9.17, 15) is 4.79 Å². The van der Waals surface area contributed by atoms with Gasteiger partial charge in [0.05, 0.1) is 28.7 Å². The van der Waals surface area contributed by atoms with Crippen molar-refractivity contribution >= 4 is 16.9 Å². The molecule has 1 unspecified atom stereocenters. The molecule has 0 saturated heterocycles. The number of para-hydroxylation sites is 2. The Balaban J connectivity index is 1.62. The minimum Gasteiger partial charge on any atom is -0.486 e. The summed E-state index contributed by atoms with van der Waals surface area (Å²) in [5.41, 5.74) is 2.76. The Bertz CT molecular complexity index is 1130. The van der Waals surface area contributed by atoms with Gasteiger partial charge in [-0.25, -0.2) is 9.67 Å². The topological polar surface area (TPSA) is 78.3 Å². The quantitative estimate of drug-likeness (QED) is 0.682. The third-order valence-corrected chi connectivity index (χ3v) is 5.36. The van der Waals surface area contributed by atoms with Crippen LogP contribution in [-0.4, -0.2) is 39.9 Å². The van der Waals surface area contributed by atoms with Crippen LogP contribution >= 0.6 is 0 Å². The molecule has 1 N–H and O–H groups in total. The summed E-state index contributed by atoms with van der Waals surface area (Å²) >= 11 is 0. The normalized spacial score (nSPS) is 16.0. The standard InChI is InChI=1S/C24H30N4O3/c1-14(2)18-11-17(21-15(3)27-28(22(21)26-18)24(4,5)6)23(29)25-12-16-13-30-19-9-7-8-10-20(19)31-16/h7-11,14,16H,12-13H2,1-6H3,(H,25,29). The van der Waals surface area contributed by atoms with Crippen LogP contribution in [0.3, 0.4) is 0 Å². The van der Waals surface area contributed by atoms with Gasteiger partial charge in [0, 0.05) is 5.69 Å². The first-order valence-corrected chi connectivity index (χ1v) is 10.7. The lowest BCUT2D eigenvalue weighted by Gasteiger charge is -2.26. The first kappa shape index (κ1) is 21.2. The Kier molecular flexibility index (Phi) is 5.37.